The van der Waals surface area contributed by atoms with Gasteiger partial charge in [-0.3, -0.25) is 0 Å². The number of benzene rings is 1. The molecule has 18 heavy (non-hydrogen) atoms. The topological polar surface area (TPSA) is 27.8 Å². The van der Waals surface area contributed by atoms with Crippen LogP contribution in [0.3, 0.4) is 0 Å². The standard InChI is InChI=1S/C15H20N2S/c1-2-6-15-14(5-1)12(10-17-15)7-8-16-13-4-3-9-18-11-13/h1-2,5-6,10,13,16-17H,3-4,7-9,11H2. The largest absolute Gasteiger partial charge is 0.361 e. The van der Waals surface area contributed by atoms with Crippen LogP contribution in [0.5, 0.6) is 0 Å². The van der Waals surface area contributed by atoms with Gasteiger partial charge in [0, 0.05) is 28.9 Å². The van der Waals surface area contributed by atoms with Gasteiger partial charge in [0.15, 0.2) is 0 Å². The van der Waals surface area contributed by atoms with Crippen LogP contribution in [-0.4, -0.2) is 29.1 Å². The van der Waals surface area contributed by atoms with Crippen LogP contribution in [0.15, 0.2) is 30.5 Å². The third kappa shape index (κ3) is 2.73. The Kier molecular flexibility index (Phi) is 3.91. The summed E-state index contributed by atoms with van der Waals surface area (Å²) in [4.78, 5) is 3.34. The van der Waals surface area contributed by atoms with E-state index in [1.165, 1.54) is 40.8 Å². The highest BCUT2D eigenvalue weighted by atomic mass is 32.2. The number of H-pyrrole nitrogens is 1. The molecule has 1 atom stereocenters. The van der Waals surface area contributed by atoms with Gasteiger partial charge in [0.25, 0.3) is 0 Å². The SMILES string of the molecule is c1ccc2c(CCNC3CCCSC3)c[nH]c2c1. The van der Waals surface area contributed by atoms with E-state index in [0.29, 0.717) is 0 Å². The number of nitrogens with one attached hydrogen (secondary N) is 2. The maximum absolute atomic E-state index is 3.69. The van der Waals surface area contributed by atoms with Gasteiger partial charge in [-0.2, -0.15) is 11.8 Å². The normalized spacial score (nSPS) is 20.3. The molecule has 2 N–H and O–H groups in total. The van der Waals surface area contributed by atoms with Crippen LogP contribution in [0.25, 0.3) is 10.9 Å². The zero-order valence-corrected chi connectivity index (χ0v) is 11.4. The third-order valence-corrected chi connectivity index (χ3v) is 4.88. The van der Waals surface area contributed by atoms with Crippen molar-refractivity contribution in [2.24, 2.45) is 0 Å². The lowest BCUT2D eigenvalue weighted by atomic mass is 10.1. The summed E-state index contributed by atoms with van der Waals surface area (Å²) in [6, 6.07) is 9.28. The molecule has 1 unspecified atom stereocenters. The molecule has 3 heteroatoms. The fourth-order valence-corrected chi connectivity index (χ4v) is 3.76. The molecule has 96 valence electrons. The molecule has 2 aromatic rings. The predicted octanol–water partition coefficient (Wildman–Crippen LogP) is 3.20. The van der Waals surface area contributed by atoms with Crippen molar-refractivity contribution >= 4 is 22.7 Å². The lowest BCUT2D eigenvalue weighted by Gasteiger charge is -2.22. The second kappa shape index (κ2) is 5.81. The van der Waals surface area contributed by atoms with Gasteiger partial charge in [0.05, 0.1) is 0 Å². The van der Waals surface area contributed by atoms with E-state index in [-0.39, 0.29) is 0 Å². The fourth-order valence-electron chi connectivity index (χ4n) is 2.65. The van der Waals surface area contributed by atoms with Crippen LogP contribution in [-0.2, 0) is 6.42 Å². The van der Waals surface area contributed by atoms with E-state index in [2.05, 4.69) is 52.5 Å². The zero-order valence-electron chi connectivity index (χ0n) is 10.6. The molecule has 0 spiro atoms. The van der Waals surface area contributed by atoms with E-state index in [1.54, 1.807) is 0 Å². The number of hydrogen-bond acceptors (Lipinski definition) is 2. The number of thioether (sulfide) groups is 1. The average molecular weight is 260 g/mol. The number of hydrogen-bond donors (Lipinski definition) is 2. The molecule has 0 bridgehead atoms. The molecule has 2 nitrogen and oxygen atoms in total. The Balaban J connectivity index is 1.56. The molecule has 1 fully saturated rings. The van der Waals surface area contributed by atoms with Crippen molar-refractivity contribution < 1.29 is 0 Å². The smallest absolute Gasteiger partial charge is 0.0456 e. The van der Waals surface area contributed by atoms with Crippen LogP contribution in [0.2, 0.25) is 0 Å². The Morgan fingerprint density at radius 3 is 3.17 bits per heavy atom. The minimum Gasteiger partial charge on any atom is -0.361 e. The maximum Gasteiger partial charge on any atom is 0.0456 e. The van der Waals surface area contributed by atoms with Crippen LogP contribution < -0.4 is 5.32 Å². The van der Waals surface area contributed by atoms with Crippen LogP contribution in [0, 0.1) is 0 Å². The first-order valence-electron chi connectivity index (χ1n) is 6.79. The Bertz CT molecular complexity index is 500. The number of para-hydroxylation sites is 1. The summed E-state index contributed by atoms with van der Waals surface area (Å²) >= 11 is 2.08. The maximum atomic E-state index is 3.69. The molecule has 0 amide bonds. The van der Waals surface area contributed by atoms with E-state index >= 15 is 0 Å². The Hall–Kier alpha value is -0.930. The van der Waals surface area contributed by atoms with Crippen molar-refractivity contribution in [2.75, 3.05) is 18.1 Å². The quantitative estimate of drug-likeness (QED) is 0.883. The number of rotatable bonds is 4. The van der Waals surface area contributed by atoms with E-state index in [9.17, 15) is 0 Å². The molecule has 1 aromatic heterocycles. The Morgan fingerprint density at radius 1 is 1.33 bits per heavy atom. The molecular formula is C15H20N2S. The summed E-state index contributed by atoms with van der Waals surface area (Å²) in [7, 11) is 0. The van der Waals surface area contributed by atoms with Crippen molar-refractivity contribution in [3.63, 3.8) is 0 Å². The average Bonchev–Trinajstić information content (AvgIpc) is 2.84. The van der Waals surface area contributed by atoms with Gasteiger partial charge in [-0.15, -0.1) is 0 Å². The number of aromatic nitrogens is 1. The van der Waals surface area contributed by atoms with E-state index in [4.69, 9.17) is 0 Å². The molecule has 1 aromatic carbocycles. The van der Waals surface area contributed by atoms with Crippen molar-refractivity contribution in [2.45, 2.75) is 25.3 Å². The highest BCUT2D eigenvalue weighted by Crippen LogP contribution is 2.19. The second-order valence-corrected chi connectivity index (χ2v) is 6.13. The molecule has 1 aliphatic heterocycles. The summed E-state index contributed by atoms with van der Waals surface area (Å²) in [6.07, 6.45) is 5.99. The first kappa shape index (κ1) is 12.1. The molecule has 0 aliphatic carbocycles. The van der Waals surface area contributed by atoms with Crippen molar-refractivity contribution in [1.82, 2.24) is 10.3 Å². The lowest BCUT2D eigenvalue weighted by Crippen LogP contribution is -2.35. The van der Waals surface area contributed by atoms with E-state index in [0.717, 1.165) is 19.0 Å². The number of fused-ring (bicyclic) bond motifs is 1. The van der Waals surface area contributed by atoms with Gasteiger partial charge in [0.1, 0.15) is 0 Å². The summed E-state index contributed by atoms with van der Waals surface area (Å²) in [6.45, 7) is 1.09. The zero-order chi connectivity index (χ0) is 12.2. The van der Waals surface area contributed by atoms with Crippen molar-refractivity contribution in [3.05, 3.63) is 36.0 Å². The third-order valence-electron chi connectivity index (χ3n) is 3.66. The monoisotopic (exact) mass is 260 g/mol. The van der Waals surface area contributed by atoms with Gasteiger partial charge in [0.2, 0.25) is 0 Å². The molecule has 3 rings (SSSR count). The first-order valence-corrected chi connectivity index (χ1v) is 7.95. The van der Waals surface area contributed by atoms with E-state index in [1.807, 2.05) is 0 Å². The minimum atomic E-state index is 0.731. The number of aromatic amines is 1. The fraction of sp³-hybridized carbons (Fsp3) is 0.467. The van der Waals surface area contributed by atoms with Crippen LogP contribution >= 0.6 is 11.8 Å². The molecule has 1 aliphatic rings. The van der Waals surface area contributed by atoms with Gasteiger partial charge in [-0.25, -0.2) is 0 Å². The predicted molar refractivity (Wildman–Crippen MR) is 80.4 cm³/mol. The molecular weight excluding hydrogens is 240 g/mol. The summed E-state index contributed by atoms with van der Waals surface area (Å²) in [5.41, 5.74) is 2.68. The van der Waals surface area contributed by atoms with Gasteiger partial charge in [-0.1, -0.05) is 18.2 Å². The summed E-state index contributed by atoms with van der Waals surface area (Å²) in [5, 5.41) is 5.06. The van der Waals surface area contributed by atoms with Crippen molar-refractivity contribution in [3.8, 4) is 0 Å². The highest BCUT2D eigenvalue weighted by molar-refractivity contribution is 7.99. The molecule has 1 saturated heterocycles. The lowest BCUT2D eigenvalue weighted by molar-refractivity contribution is 0.511. The molecule has 2 heterocycles. The van der Waals surface area contributed by atoms with Crippen LogP contribution in [0.4, 0.5) is 0 Å². The van der Waals surface area contributed by atoms with Gasteiger partial charge < -0.3 is 10.3 Å². The van der Waals surface area contributed by atoms with Gasteiger partial charge >= 0.3 is 0 Å². The second-order valence-electron chi connectivity index (χ2n) is 4.98. The van der Waals surface area contributed by atoms with Gasteiger partial charge in [-0.05, 0) is 43.2 Å². The van der Waals surface area contributed by atoms with E-state index < -0.39 is 0 Å². The minimum absolute atomic E-state index is 0.731. The highest BCUT2D eigenvalue weighted by Gasteiger charge is 2.12. The molecule has 0 radical (unpaired) electrons. The molecule has 0 saturated carbocycles. The van der Waals surface area contributed by atoms with Crippen molar-refractivity contribution in [1.29, 1.82) is 0 Å². The van der Waals surface area contributed by atoms with Crippen LogP contribution in [0.1, 0.15) is 18.4 Å². The summed E-state index contributed by atoms with van der Waals surface area (Å²) < 4.78 is 0. The first-order chi connectivity index (χ1) is 8.93. The Morgan fingerprint density at radius 2 is 2.28 bits per heavy atom. The summed E-state index contributed by atoms with van der Waals surface area (Å²) in [5.74, 6) is 2.63. The Labute approximate surface area is 113 Å².